The molecule has 29 heavy (non-hydrogen) atoms. The molecule has 2 fully saturated rings. The topological polar surface area (TPSA) is 114 Å². The maximum Gasteiger partial charge on any atom is 0.330 e. The zero-order chi connectivity index (χ0) is 20.2. The zero-order valence-corrected chi connectivity index (χ0v) is 16.0. The molecule has 0 radical (unpaired) electrons. The molecule has 3 aromatic rings. The van der Waals surface area contributed by atoms with E-state index in [1.54, 1.807) is 18.3 Å². The third-order valence-corrected chi connectivity index (χ3v) is 5.34. The van der Waals surface area contributed by atoms with Crippen molar-refractivity contribution in [3.05, 3.63) is 69.4 Å². The molecule has 9 heteroatoms. The molecule has 0 saturated carbocycles. The van der Waals surface area contributed by atoms with Crippen LogP contribution < -0.4 is 11.2 Å². The number of hydrogen-bond donors (Lipinski definition) is 3. The number of aromatic amines is 3. The van der Waals surface area contributed by atoms with Gasteiger partial charge in [-0.05, 0) is 38.1 Å². The Balaban J connectivity index is 1.54. The minimum atomic E-state index is -0.792. The second-order valence-corrected chi connectivity index (χ2v) is 7.82. The quantitative estimate of drug-likeness (QED) is 0.617. The van der Waals surface area contributed by atoms with Gasteiger partial charge in [0.1, 0.15) is 12.2 Å². The van der Waals surface area contributed by atoms with Gasteiger partial charge in [-0.1, -0.05) is 0 Å². The number of nitrogens with zero attached hydrogens (tertiary/aromatic N) is 1. The van der Waals surface area contributed by atoms with Crippen molar-refractivity contribution >= 4 is 0 Å². The van der Waals surface area contributed by atoms with E-state index in [0.29, 0.717) is 17.7 Å². The molecule has 2 aliphatic rings. The first-order valence-electron chi connectivity index (χ1n) is 9.54. The van der Waals surface area contributed by atoms with E-state index < -0.39 is 29.4 Å². The Labute approximate surface area is 165 Å². The molecule has 5 rings (SSSR count). The minimum absolute atomic E-state index is 0.307. The van der Waals surface area contributed by atoms with Gasteiger partial charge in [-0.25, -0.2) is 4.79 Å². The lowest BCUT2D eigenvalue weighted by Crippen LogP contribution is -2.38. The van der Waals surface area contributed by atoms with Crippen LogP contribution in [0.2, 0.25) is 0 Å². The highest BCUT2D eigenvalue weighted by Gasteiger charge is 2.56. The van der Waals surface area contributed by atoms with Crippen molar-refractivity contribution in [2.75, 3.05) is 0 Å². The Kier molecular flexibility index (Phi) is 4.12. The zero-order valence-electron chi connectivity index (χ0n) is 16.0. The standard InChI is InChI=1S/C20H22N4O5/c1-20(2)28-15-14(9-11-5-3-7-21-11)27-18(16(15)29-20)24-10-12(13-6-4-8-22-13)17(25)23-19(24)26/h3-8,10,14-16,18,21-22H,9H2,1-2H3,(H,23,25,26)/t14-,15-,16-,18-/m1/s1. The highest BCUT2D eigenvalue weighted by molar-refractivity contribution is 5.56. The van der Waals surface area contributed by atoms with E-state index in [9.17, 15) is 9.59 Å². The van der Waals surface area contributed by atoms with Crippen LogP contribution in [0.4, 0.5) is 0 Å². The molecule has 9 nitrogen and oxygen atoms in total. The van der Waals surface area contributed by atoms with Crippen LogP contribution >= 0.6 is 0 Å². The molecular formula is C20H22N4O5. The van der Waals surface area contributed by atoms with E-state index in [-0.39, 0.29) is 12.2 Å². The SMILES string of the molecule is CC1(C)O[C@@H]2[C@H](O1)[C@@H](Cc1ccc[nH]1)O[C@H]2n1cc(-c2ccc[nH]2)c(=O)[nH]c1=O. The minimum Gasteiger partial charge on any atom is -0.365 e. The summed E-state index contributed by atoms with van der Waals surface area (Å²) in [6, 6.07) is 7.45. The van der Waals surface area contributed by atoms with Gasteiger partial charge < -0.3 is 24.2 Å². The van der Waals surface area contributed by atoms with Crippen LogP contribution in [0.5, 0.6) is 0 Å². The number of fused-ring (bicyclic) bond motifs is 1. The van der Waals surface area contributed by atoms with E-state index in [1.165, 1.54) is 10.8 Å². The molecule has 4 atom stereocenters. The molecule has 0 spiro atoms. The lowest BCUT2D eigenvalue weighted by molar-refractivity contribution is -0.197. The average molecular weight is 398 g/mol. The van der Waals surface area contributed by atoms with Gasteiger partial charge in [-0.3, -0.25) is 14.3 Å². The van der Waals surface area contributed by atoms with Crippen molar-refractivity contribution in [2.24, 2.45) is 0 Å². The Bertz CT molecular complexity index is 1110. The van der Waals surface area contributed by atoms with Gasteiger partial charge in [0.05, 0.1) is 17.4 Å². The number of ether oxygens (including phenoxy) is 3. The summed E-state index contributed by atoms with van der Waals surface area (Å²) in [5.74, 6) is -0.792. The number of nitrogens with one attached hydrogen (secondary N) is 3. The molecule has 3 aromatic heterocycles. The lowest BCUT2D eigenvalue weighted by atomic mass is 10.1. The second kappa shape index (κ2) is 6.58. The molecule has 3 N–H and O–H groups in total. The van der Waals surface area contributed by atoms with E-state index in [0.717, 1.165) is 5.69 Å². The number of aromatic nitrogens is 4. The van der Waals surface area contributed by atoms with E-state index in [2.05, 4.69) is 15.0 Å². The summed E-state index contributed by atoms with van der Waals surface area (Å²) < 4.78 is 19.8. The fourth-order valence-corrected chi connectivity index (χ4v) is 4.12. The van der Waals surface area contributed by atoms with Crippen LogP contribution in [0.1, 0.15) is 25.8 Å². The van der Waals surface area contributed by atoms with Gasteiger partial charge in [0.2, 0.25) is 0 Å². The summed E-state index contributed by atoms with van der Waals surface area (Å²) >= 11 is 0. The third-order valence-electron chi connectivity index (χ3n) is 5.34. The van der Waals surface area contributed by atoms with Crippen molar-refractivity contribution in [3.8, 4) is 11.3 Å². The Morgan fingerprint density at radius 2 is 1.83 bits per heavy atom. The first-order chi connectivity index (χ1) is 13.9. The van der Waals surface area contributed by atoms with E-state index >= 15 is 0 Å². The monoisotopic (exact) mass is 398 g/mol. The number of rotatable bonds is 4. The predicted octanol–water partition coefficient (Wildman–Crippen LogP) is 1.52. The van der Waals surface area contributed by atoms with Crippen LogP contribution in [0.15, 0.2) is 52.4 Å². The highest BCUT2D eigenvalue weighted by atomic mass is 16.8. The van der Waals surface area contributed by atoms with Crippen molar-refractivity contribution in [1.29, 1.82) is 0 Å². The summed E-state index contributed by atoms with van der Waals surface area (Å²) in [5.41, 5.74) is 0.948. The largest absolute Gasteiger partial charge is 0.365 e. The van der Waals surface area contributed by atoms with Gasteiger partial charge >= 0.3 is 5.69 Å². The molecule has 5 heterocycles. The van der Waals surface area contributed by atoms with Crippen molar-refractivity contribution in [2.45, 2.75) is 50.6 Å². The molecular weight excluding hydrogens is 376 g/mol. The van der Waals surface area contributed by atoms with Gasteiger partial charge in [0, 0.05) is 30.7 Å². The molecule has 2 saturated heterocycles. The summed E-state index contributed by atoms with van der Waals surface area (Å²) in [4.78, 5) is 33.5. The van der Waals surface area contributed by atoms with Gasteiger partial charge in [0.25, 0.3) is 5.56 Å². The van der Waals surface area contributed by atoms with Crippen LogP contribution in [0.25, 0.3) is 11.3 Å². The average Bonchev–Trinajstić information content (AvgIpc) is 3.42. The number of H-pyrrole nitrogens is 3. The molecule has 0 unspecified atom stereocenters. The van der Waals surface area contributed by atoms with Gasteiger partial charge in [-0.15, -0.1) is 0 Å². The molecule has 0 aliphatic carbocycles. The van der Waals surface area contributed by atoms with E-state index in [1.807, 2.05) is 32.2 Å². The Hall–Kier alpha value is -2.88. The van der Waals surface area contributed by atoms with Crippen molar-refractivity contribution in [3.63, 3.8) is 0 Å². The van der Waals surface area contributed by atoms with Gasteiger partial charge in [0.15, 0.2) is 12.0 Å². The lowest BCUT2D eigenvalue weighted by Gasteiger charge is -2.25. The summed E-state index contributed by atoms with van der Waals surface area (Å²) in [7, 11) is 0. The highest BCUT2D eigenvalue weighted by Crippen LogP contribution is 2.43. The Morgan fingerprint density at radius 3 is 2.55 bits per heavy atom. The van der Waals surface area contributed by atoms with Crippen LogP contribution in [0.3, 0.4) is 0 Å². The Morgan fingerprint density at radius 1 is 1.07 bits per heavy atom. The van der Waals surface area contributed by atoms with Gasteiger partial charge in [-0.2, -0.15) is 0 Å². The smallest absolute Gasteiger partial charge is 0.330 e. The van der Waals surface area contributed by atoms with Crippen LogP contribution in [-0.4, -0.2) is 43.6 Å². The fraction of sp³-hybridized carbons (Fsp3) is 0.400. The molecule has 0 amide bonds. The summed E-state index contributed by atoms with van der Waals surface area (Å²) in [6.07, 6.45) is 3.82. The van der Waals surface area contributed by atoms with Crippen molar-refractivity contribution < 1.29 is 14.2 Å². The molecule has 152 valence electrons. The number of hydrogen-bond acceptors (Lipinski definition) is 5. The first-order valence-corrected chi connectivity index (χ1v) is 9.54. The van der Waals surface area contributed by atoms with E-state index in [4.69, 9.17) is 14.2 Å². The van der Waals surface area contributed by atoms with Crippen LogP contribution in [-0.2, 0) is 20.6 Å². The normalized spacial score (nSPS) is 27.9. The first kappa shape index (κ1) is 18.2. The molecule has 0 bridgehead atoms. The molecule has 2 aliphatic heterocycles. The maximum absolute atomic E-state index is 12.6. The van der Waals surface area contributed by atoms with Crippen LogP contribution in [0, 0.1) is 0 Å². The van der Waals surface area contributed by atoms with Crippen molar-refractivity contribution in [1.82, 2.24) is 19.5 Å². The fourth-order valence-electron chi connectivity index (χ4n) is 4.12. The third kappa shape index (κ3) is 3.17. The maximum atomic E-state index is 12.6. The predicted molar refractivity (Wildman–Crippen MR) is 103 cm³/mol. The summed E-state index contributed by atoms with van der Waals surface area (Å²) in [6.45, 7) is 3.68. The second-order valence-electron chi connectivity index (χ2n) is 7.82. The molecule has 0 aromatic carbocycles. The summed E-state index contributed by atoms with van der Waals surface area (Å²) in [5, 5.41) is 0.